The van der Waals surface area contributed by atoms with E-state index in [4.69, 9.17) is 16.6 Å². The van der Waals surface area contributed by atoms with E-state index < -0.39 is 0 Å². The highest BCUT2D eigenvalue weighted by Crippen LogP contribution is 1.95. The number of nitrogens with two attached hydrogens (primary N) is 2. The molecule has 0 atom stereocenters. The van der Waals surface area contributed by atoms with Gasteiger partial charge in [-0.25, -0.2) is 4.98 Å². The van der Waals surface area contributed by atoms with E-state index in [0.29, 0.717) is 5.69 Å². The van der Waals surface area contributed by atoms with Gasteiger partial charge in [-0.05, 0) is 19.1 Å². The van der Waals surface area contributed by atoms with Crippen LogP contribution in [0.2, 0.25) is 0 Å². The summed E-state index contributed by atoms with van der Waals surface area (Å²) in [5, 5.41) is 12.9. The van der Waals surface area contributed by atoms with Gasteiger partial charge in [-0.2, -0.15) is 0 Å². The lowest BCUT2D eigenvalue weighted by Crippen LogP contribution is -2.13. The molecule has 0 aliphatic carbocycles. The van der Waals surface area contributed by atoms with Crippen LogP contribution in [0, 0.1) is 17.7 Å². The van der Waals surface area contributed by atoms with Crippen molar-refractivity contribution in [3.63, 3.8) is 0 Å². The minimum Gasteiger partial charge on any atom is -0.390 e. The fourth-order valence-corrected chi connectivity index (χ4v) is 0.693. The Balaban J connectivity index is 0.000000424. The standard InChI is InChI=1S/C7H9N3.CH4N2/c1-5-3-2-4-6(10-5)7(8)9;2-1-3/h2-4H,1H3,(H3,8,9);1H,(H3,2,3). The second kappa shape index (κ2) is 5.70. The van der Waals surface area contributed by atoms with Gasteiger partial charge in [-0.1, -0.05) is 6.07 Å². The average Bonchev–Trinajstić information content (AvgIpc) is 2.05. The summed E-state index contributed by atoms with van der Waals surface area (Å²) in [5.41, 5.74) is 11.0. The van der Waals surface area contributed by atoms with Crippen LogP contribution in [0.4, 0.5) is 0 Å². The van der Waals surface area contributed by atoms with Crippen LogP contribution < -0.4 is 11.5 Å². The van der Waals surface area contributed by atoms with Crippen LogP contribution >= 0.6 is 0 Å². The summed E-state index contributed by atoms with van der Waals surface area (Å²) < 4.78 is 0. The van der Waals surface area contributed by atoms with Crippen molar-refractivity contribution in [2.24, 2.45) is 11.5 Å². The number of aromatic nitrogens is 1. The molecule has 5 heteroatoms. The van der Waals surface area contributed by atoms with Crippen molar-refractivity contribution < 1.29 is 0 Å². The van der Waals surface area contributed by atoms with Crippen molar-refractivity contribution in [3.8, 4) is 0 Å². The molecule has 1 rings (SSSR count). The zero-order valence-corrected chi connectivity index (χ0v) is 7.41. The first-order valence-corrected chi connectivity index (χ1v) is 3.60. The van der Waals surface area contributed by atoms with Crippen LogP contribution in [0.1, 0.15) is 11.4 Å². The quantitative estimate of drug-likeness (QED) is 0.365. The number of pyridine rings is 1. The van der Waals surface area contributed by atoms with Crippen molar-refractivity contribution >= 4 is 12.2 Å². The zero-order valence-electron chi connectivity index (χ0n) is 7.41. The maximum Gasteiger partial charge on any atom is 0.141 e. The lowest BCUT2D eigenvalue weighted by Gasteiger charge is -1.96. The van der Waals surface area contributed by atoms with Crippen molar-refractivity contribution in [3.05, 3.63) is 29.6 Å². The molecule has 6 N–H and O–H groups in total. The van der Waals surface area contributed by atoms with E-state index >= 15 is 0 Å². The Morgan fingerprint density at radius 3 is 2.38 bits per heavy atom. The van der Waals surface area contributed by atoms with E-state index in [1.165, 1.54) is 0 Å². The Morgan fingerprint density at radius 1 is 1.54 bits per heavy atom. The number of nitrogen functional groups attached to an aromatic ring is 1. The van der Waals surface area contributed by atoms with Crippen LogP contribution in [0.5, 0.6) is 0 Å². The summed E-state index contributed by atoms with van der Waals surface area (Å²) in [7, 11) is 0. The Morgan fingerprint density at radius 2 is 2.08 bits per heavy atom. The number of nitrogens with zero attached hydrogens (tertiary/aromatic N) is 1. The Hall–Kier alpha value is -1.91. The normalized spacial score (nSPS) is 8.08. The molecule has 0 fully saturated rings. The van der Waals surface area contributed by atoms with Crippen LogP contribution in [-0.4, -0.2) is 17.2 Å². The van der Waals surface area contributed by atoms with Gasteiger partial charge in [0.1, 0.15) is 11.5 Å². The molecule has 0 amide bonds. The van der Waals surface area contributed by atoms with Gasteiger partial charge < -0.3 is 11.5 Å². The van der Waals surface area contributed by atoms with E-state index in [1.807, 2.05) is 19.1 Å². The molecule has 0 radical (unpaired) electrons. The zero-order chi connectivity index (χ0) is 10.3. The molecule has 0 bridgehead atoms. The summed E-state index contributed by atoms with van der Waals surface area (Å²) >= 11 is 0. The second-order valence-corrected chi connectivity index (χ2v) is 2.24. The van der Waals surface area contributed by atoms with Crippen molar-refractivity contribution in [2.45, 2.75) is 6.92 Å². The monoisotopic (exact) mass is 179 g/mol. The Bertz CT molecular complexity index is 294. The molecule has 1 aromatic rings. The Labute approximate surface area is 76.8 Å². The van der Waals surface area contributed by atoms with Gasteiger partial charge in [0.05, 0.1) is 6.34 Å². The summed E-state index contributed by atoms with van der Waals surface area (Å²) in [6.07, 6.45) is 0.750. The van der Waals surface area contributed by atoms with Gasteiger partial charge in [0.25, 0.3) is 0 Å². The lowest BCUT2D eigenvalue weighted by molar-refractivity contribution is 1.16. The molecule has 1 heterocycles. The summed E-state index contributed by atoms with van der Waals surface area (Å²) in [5.74, 6) is 0.0173. The van der Waals surface area contributed by atoms with Gasteiger partial charge in [0.15, 0.2) is 0 Å². The third-order valence-electron chi connectivity index (χ3n) is 1.16. The second-order valence-electron chi connectivity index (χ2n) is 2.24. The van der Waals surface area contributed by atoms with Gasteiger partial charge in [-0.3, -0.25) is 10.8 Å². The lowest BCUT2D eigenvalue weighted by atomic mass is 10.3. The van der Waals surface area contributed by atoms with E-state index in [0.717, 1.165) is 12.0 Å². The summed E-state index contributed by atoms with van der Waals surface area (Å²) in [6.45, 7) is 1.87. The summed E-state index contributed by atoms with van der Waals surface area (Å²) in [4.78, 5) is 4.02. The van der Waals surface area contributed by atoms with Crippen LogP contribution in [0.15, 0.2) is 18.2 Å². The van der Waals surface area contributed by atoms with Gasteiger partial charge in [-0.15, -0.1) is 0 Å². The highest BCUT2D eigenvalue weighted by atomic mass is 14.8. The van der Waals surface area contributed by atoms with Crippen LogP contribution in [-0.2, 0) is 0 Å². The maximum absolute atomic E-state index is 7.05. The Kier molecular flexibility index (Phi) is 4.87. The minimum atomic E-state index is 0.0173. The first-order valence-electron chi connectivity index (χ1n) is 3.60. The molecule has 0 saturated heterocycles. The maximum atomic E-state index is 7.05. The first kappa shape index (κ1) is 11.1. The molecule has 0 saturated carbocycles. The molecular formula is C8H13N5. The molecule has 70 valence electrons. The number of aryl methyl sites for hydroxylation is 1. The van der Waals surface area contributed by atoms with E-state index in [9.17, 15) is 0 Å². The predicted octanol–water partition coefficient (Wildman–Crippen LogP) is 0.226. The van der Waals surface area contributed by atoms with E-state index in [2.05, 4.69) is 10.7 Å². The molecule has 0 aliphatic rings. The van der Waals surface area contributed by atoms with Gasteiger partial charge in [0.2, 0.25) is 0 Å². The highest BCUT2D eigenvalue weighted by molar-refractivity contribution is 5.92. The largest absolute Gasteiger partial charge is 0.390 e. The molecular weight excluding hydrogens is 166 g/mol. The third kappa shape index (κ3) is 4.52. The molecule has 13 heavy (non-hydrogen) atoms. The molecule has 1 aromatic heterocycles. The van der Waals surface area contributed by atoms with E-state index in [-0.39, 0.29) is 5.84 Å². The van der Waals surface area contributed by atoms with E-state index in [1.54, 1.807) is 6.07 Å². The predicted molar refractivity (Wildman–Crippen MR) is 53.0 cm³/mol. The van der Waals surface area contributed by atoms with Gasteiger partial charge >= 0.3 is 0 Å². The number of nitrogens with one attached hydrogen (secondary N) is 2. The molecule has 0 aliphatic heterocycles. The molecule has 0 unspecified atom stereocenters. The number of rotatable bonds is 1. The summed E-state index contributed by atoms with van der Waals surface area (Å²) in [6, 6.07) is 5.42. The SMILES string of the molecule is Cc1cccc(C(=N)N)n1.N=CN. The van der Waals surface area contributed by atoms with Crippen LogP contribution in [0.3, 0.4) is 0 Å². The molecule has 5 nitrogen and oxygen atoms in total. The number of amidine groups is 1. The van der Waals surface area contributed by atoms with Crippen molar-refractivity contribution in [1.82, 2.24) is 4.98 Å². The average molecular weight is 179 g/mol. The number of hydrogen-bond donors (Lipinski definition) is 4. The molecule has 0 spiro atoms. The third-order valence-corrected chi connectivity index (χ3v) is 1.16. The fraction of sp³-hybridized carbons (Fsp3) is 0.125. The van der Waals surface area contributed by atoms with Crippen LogP contribution in [0.25, 0.3) is 0 Å². The molecule has 0 aromatic carbocycles. The van der Waals surface area contributed by atoms with Gasteiger partial charge in [0, 0.05) is 5.69 Å². The topological polar surface area (TPSA) is 113 Å². The minimum absolute atomic E-state index is 0.0173. The first-order chi connectivity index (χ1) is 6.11. The van der Waals surface area contributed by atoms with Crippen molar-refractivity contribution in [1.29, 1.82) is 10.8 Å². The van der Waals surface area contributed by atoms with Crippen molar-refractivity contribution in [2.75, 3.05) is 0 Å². The smallest absolute Gasteiger partial charge is 0.141 e. The highest BCUT2D eigenvalue weighted by Gasteiger charge is 1.94. The number of hydrogen-bond acceptors (Lipinski definition) is 3. The fourth-order valence-electron chi connectivity index (χ4n) is 0.693.